The molecule has 4 aromatic rings. The Morgan fingerprint density at radius 3 is 1.88 bits per heavy atom. The van der Waals surface area contributed by atoms with E-state index in [1.807, 2.05) is 45.8 Å². The van der Waals surface area contributed by atoms with Gasteiger partial charge in [-0.05, 0) is 35.4 Å². The van der Waals surface area contributed by atoms with Gasteiger partial charge in [-0.2, -0.15) is 0 Å². The van der Waals surface area contributed by atoms with E-state index in [-0.39, 0.29) is 5.41 Å². The van der Waals surface area contributed by atoms with E-state index in [4.69, 9.17) is 9.47 Å². The number of aromatic nitrogens is 6. The molecule has 0 fully saturated rings. The summed E-state index contributed by atoms with van der Waals surface area (Å²) in [4.78, 5) is 0. The lowest BCUT2D eigenvalue weighted by atomic mass is 9.78. The molecular formula is C24H26N6O2. The quantitative estimate of drug-likeness (QED) is 0.466. The van der Waals surface area contributed by atoms with E-state index in [0.29, 0.717) is 13.1 Å². The number of nitrogens with zero attached hydrogens (tertiary/aromatic N) is 6. The summed E-state index contributed by atoms with van der Waals surface area (Å²) in [5, 5.41) is 18.1. The van der Waals surface area contributed by atoms with Crippen molar-refractivity contribution in [3.8, 4) is 22.9 Å². The van der Waals surface area contributed by atoms with Crippen molar-refractivity contribution in [3.05, 3.63) is 71.0 Å². The van der Waals surface area contributed by atoms with Gasteiger partial charge in [-0.15, -0.1) is 10.2 Å². The molecule has 164 valence electrons. The molecule has 8 heteroatoms. The van der Waals surface area contributed by atoms with Gasteiger partial charge in [0.05, 0.1) is 38.7 Å². The number of fused-ring (bicyclic) bond motifs is 3. The molecule has 5 rings (SSSR count). The van der Waals surface area contributed by atoms with Crippen LogP contribution in [-0.4, -0.2) is 44.2 Å². The molecule has 0 N–H and O–H groups in total. The summed E-state index contributed by atoms with van der Waals surface area (Å²) in [6.45, 7) is 5.68. The van der Waals surface area contributed by atoms with Crippen LogP contribution in [0.3, 0.4) is 0 Å². The first kappa shape index (κ1) is 20.2. The fourth-order valence-electron chi connectivity index (χ4n) is 4.40. The van der Waals surface area contributed by atoms with Crippen LogP contribution >= 0.6 is 0 Å². The predicted octanol–water partition coefficient (Wildman–Crippen LogP) is 3.48. The smallest absolute Gasteiger partial charge is 0.136 e. The number of rotatable bonds is 6. The van der Waals surface area contributed by atoms with Crippen molar-refractivity contribution in [1.29, 1.82) is 0 Å². The Labute approximate surface area is 186 Å². The average Bonchev–Trinajstić information content (AvgIpc) is 3.39. The van der Waals surface area contributed by atoms with Gasteiger partial charge in [0.15, 0.2) is 0 Å². The summed E-state index contributed by atoms with van der Waals surface area (Å²) in [5.41, 5.74) is 6.01. The second-order valence-corrected chi connectivity index (χ2v) is 8.74. The van der Waals surface area contributed by atoms with Crippen LogP contribution in [0.2, 0.25) is 0 Å². The summed E-state index contributed by atoms with van der Waals surface area (Å²) in [6.07, 6.45) is 0.786. The molecule has 2 aromatic carbocycles. The third-order valence-electron chi connectivity index (χ3n) is 6.00. The normalized spacial score (nSPS) is 14.0. The average molecular weight is 431 g/mol. The molecule has 32 heavy (non-hydrogen) atoms. The molecule has 0 unspecified atom stereocenters. The van der Waals surface area contributed by atoms with E-state index in [1.54, 1.807) is 14.2 Å². The molecule has 0 aliphatic heterocycles. The van der Waals surface area contributed by atoms with Crippen LogP contribution in [0, 0.1) is 0 Å². The van der Waals surface area contributed by atoms with E-state index in [2.05, 4.69) is 46.6 Å². The van der Waals surface area contributed by atoms with Crippen molar-refractivity contribution in [1.82, 2.24) is 30.0 Å². The van der Waals surface area contributed by atoms with E-state index in [9.17, 15) is 0 Å². The summed E-state index contributed by atoms with van der Waals surface area (Å²) >= 11 is 0. The van der Waals surface area contributed by atoms with Gasteiger partial charge in [0.25, 0.3) is 0 Å². The van der Waals surface area contributed by atoms with Crippen molar-refractivity contribution >= 4 is 0 Å². The Bertz CT molecular complexity index is 1240. The maximum Gasteiger partial charge on any atom is 0.136 e. The lowest BCUT2D eigenvalue weighted by Crippen LogP contribution is -2.29. The first-order chi connectivity index (χ1) is 15.5. The van der Waals surface area contributed by atoms with E-state index >= 15 is 0 Å². The van der Waals surface area contributed by atoms with Crippen molar-refractivity contribution in [2.45, 2.75) is 38.8 Å². The van der Waals surface area contributed by atoms with Crippen LogP contribution < -0.4 is 9.47 Å². The number of methoxy groups -OCH3 is 2. The number of benzene rings is 2. The number of hydrogen-bond donors (Lipinski definition) is 0. The van der Waals surface area contributed by atoms with Crippen LogP contribution in [0.1, 0.15) is 36.4 Å². The third kappa shape index (κ3) is 3.51. The Hall–Kier alpha value is -3.68. The minimum Gasteiger partial charge on any atom is -0.497 e. The van der Waals surface area contributed by atoms with Crippen molar-refractivity contribution in [2.24, 2.45) is 0 Å². The minimum absolute atomic E-state index is 0.153. The van der Waals surface area contributed by atoms with Gasteiger partial charge in [-0.25, -0.2) is 9.36 Å². The Morgan fingerprint density at radius 1 is 0.781 bits per heavy atom. The summed E-state index contributed by atoms with van der Waals surface area (Å²) in [7, 11) is 3.34. The van der Waals surface area contributed by atoms with Gasteiger partial charge in [0.1, 0.15) is 22.9 Å². The summed E-state index contributed by atoms with van der Waals surface area (Å²) in [5.74, 6) is 1.67. The summed E-state index contributed by atoms with van der Waals surface area (Å²) in [6, 6.07) is 16.1. The highest BCUT2D eigenvalue weighted by Gasteiger charge is 2.39. The molecule has 0 bridgehead atoms. The highest BCUT2D eigenvalue weighted by atomic mass is 16.5. The highest BCUT2D eigenvalue weighted by Crippen LogP contribution is 2.41. The first-order valence-electron chi connectivity index (χ1n) is 10.6. The van der Waals surface area contributed by atoms with Crippen LogP contribution in [0.4, 0.5) is 0 Å². The Morgan fingerprint density at radius 2 is 1.31 bits per heavy atom. The number of ether oxygens (including phenoxy) is 2. The zero-order valence-corrected chi connectivity index (χ0v) is 18.7. The number of hydrogen-bond acceptors (Lipinski definition) is 6. The van der Waals surface area contributed by atoms with Crippen LogP contribution in [0.25, 0.3) is 11.4 Å². The van der Waals surface area contributed by atoms with Gasteiger partial charge in [-0.3, -0.25) is 0 Å². The van der Waals surface area contributed by atoms with E-state index < -0.39 is 0 Å². The summed E-state index contributed by atoms with van der Waals surface area (Å²) < 4.78 is 14.5. The molecule has 0 saturated carbocycles. The van der Waals surface area contributed by atoms with Gasteiger partial charge in [-0.1, -0.05) is 48.5 Å². The monoisotopic (exact) mass is 430 g/mol. The van der Waals surface area contributed by atoms with Gasteiger partial charge in [0.2, 0.25) is 0 Å². The molecule has 1 aliphatic carbocycles. The standard InChI is InChI=1S/C24H26N6O2/c1-24(2)13-20-22(29(27-25-20)14-16-5-9-18(31-3)10-6-16)21-23(24)30(28-26-21)15-17-7-11-19(32-4)12-8-17/h5-12H,13-15H2,1-4H3. The zero-order valence-electron chi connectivity index (χ0n) is 18.7. The molecule has 0 amide bonds. The van der Waals surface area contributed by atoms with Crippen LogP contribution in [-0.2, 0) is 24.9 Å². The molecule has 1 aliphatic rings. The maximum absolute atomic E-state index is 5.27. The SMILES string of the molecule is COc1ccc(Cn2nnc3c2-c2nnn(Cc4ccc(OC)cc4)c2C(C)(C)C3)cc1. The Balaban J connectivity index is 1.50. The van der Waals surface area contributed by atoms with E-state index in [0.717, 1.165) is 51.8 Å². The maximum atomic E-state index is 5.27. The van der Waals surface area contributed by atoms with Crippen molar-refractivity contribution < 1.29 is 9.47 Å². The molecule has 2 heterocycles. The Kier molecular flexibility index (Phi) is 4.92. The second-order valence-electron chi connectivity index (χ2n) is 8.74. The van der Waals surface area contributed by atoms with Crippen LogP contribution in [0.15, 0.2) is 48.5 Å². The molecular weight excluding hydrogens is 404 g/mol. The third-order valence-corrected chi connectivity index (χ3v) is 6.00. The zero-order chi connectivity index (χ0) is 22.3. The van der Waals surface area contributed by atoms with Gasteiger partial charge < -0.3 is 9.47 Å². The lowest BCUT2D eigenvalue weighted by molar-refractivity contribution is 0.414. The van der Waals surface area contributed by atoms with Crippen molar-refractivity contribution in [2.75, 3.05) is 14.2 Å². The second kappa shape index (κ2) is 7.78. The molecule has 0 radical (unpaired) electrons. The lowest BCUT2D eigenvalue weighted by Gasteiger charge is -2.29. The largest absolute Gasteiger partial charge is 0.497 e. The van der Waals surface area contributed by atoms with Crippen molar-refractivity contribution in [3.63, 3.8) is 0 Å². The van der Waals surface area contributed by atoms with Gasteiger partial charge in [0, 0.05) is 11.8 Å². The highest BCUT2D eigenvalue weighted by molar-refractivity contribution is 5.65. The van der Waals surface area contributed by atoms with E-state index in [1.165, 1.54) is 0 Å². The van der Waals surface area contributed by atoms with Crippen LogP contribution in [0.5, 0.6) is 11.5 Å². The molecule has 0 atom stereocenters. The predicted molar refractivity (Wildman–Crippen MR) is 120 cm³/mol. The first-order valence-corrected chi connectivity index (χ1v) is 10.6. The fourth-order valence-corrected chi connectivity index (χ4v) is 4.40. The molecule has 2 aromatic heterocycles. The molecule has 8 nitrogen and oxygen atoms in total. The minimum atomic E-state index is -0.153. The topological polar surface area (TPSA) is 79.9 Å². The van der Waals surface area contributed by atoms with Gasteiger partial charge >= 0.3 is 0 Å². The molecule has 0 spiro atoms. The fraction of sp³-hybridized carbons (Fsp3) is 0.333. The molecule has 0 saturated heterocycles.